The number of aliphatic hydroxyl groups excluding tert-OH is 2. The van der Waals surface area contributed by atoms with Crippen molar-refractivity contribution in [3.8, 4) is 11.8 Å². The van der Waals surface area contributed by atoms with Crippen LogP contribution >= 0.6 is 21.6 Å². The van der Waals surface area contributed by atoms with Crippen LogP contribution in [0.25, 0.3) is 0 Å². The van der Waals surface area contributed by atoms with Crippen molar-refractivity contribution in [2.45, 2.75) is 36.3 Å². The van der Waals surface area contributed by atoms with E-state index in [1.807, 2.05) is 18.2 Å². The Kier molecular flexibility index (Phi) is 8.95. The molecule has 3 heterocycles. The number of nitrogens with one attached hydrogen (secondary N) is 1. The van der Waals surface area contributed by atoms with Crippen molar-refractivity contribution in [3.63, 3.8) is 0 Å². The van der Waals surface area contributed by atoms with Gasteiger partial charge in [-0.1, -0.05) is 28.7 Å². The minimum absolute atomic E-state index is 0.112. The van der Waals surface area contributed by atoms with E-state index in [-0.39, 0.29) is 31.3 Å². The van der Waals surface area contributed by atoms with Crippen LogP contribution in [0.3, 0.4) is 0 Å². The summed E-state index contributed by atoms with van der Waals surface area (Å²) in [6.07, 6.45) is 1.19. The number of nitrogens with zero attached hydrogens (tertiary/aromatic N) is 3. The van der Waals surface area contributed by atoms with Crippen LogP contribution in [-0.4, -0.2) is 61.7 Å². The van der Waals surface area contributed by atoms with Crippen LogP contribution in [0.5, 0.6) is 0 Å². The fourth-order valence-electron chi connectivity index (χ4n) is 2.97. The summed E-state index contributed by atoms with van der Waals surface area (Å²) in [6.45, 7) is -0.263. The van der Waals surface area contributed by atoms with Crippen LogP contribution in [0.15, 0.2) is 41.7 Å². The smallest absolute Gasteiger partial charge is 0.326 e. The molecule has 2 aromatic heterocycles. The number of hydrogen-bond acceptors (Lipinski definition) is 9. The number of amides is 1. The van der Waals surface area contributed by atoms with Crippen molar-refractivity contribution in [2.24, 2.45) is 0 Å². The Morgan fingerprint density at radius 2 is 2.31 bits per heavy atom. The number of aromatic nitrogens is 2. The molecule has 2 aromatic rings. The number of nitro groups is 1. The molecule has 170 valence electrons. The van der Waals surface area contributed by atoms with Gasteiger partial charge >= 0.3 is 5.82 Å². The summed E-state index contributed by atoms with van der Waals surface area (Å²) in [5.41, 5.74) is 0.388. The Morgan fingerprint density at radius 3 is 3.00 bits per heavy atom. The number of carbonyl (C=O) groups excluding carboxylic acids is 1. The maximum Gasteiger partial charge on any atom is 0.326 e. The molecule has 0 unspecified atom stereocenters. The van der Waals surface area contributed by atoms with Gasteiger partial charge in [0.25, 0.3) is 0 Å². The molecule has 3 N–H and O–H groups in total. The second-order valence-corrected chi connectivity index (χ2v) is 9.20. The number of ether oxygens (including phenoxy) is 1. The molecule has 10 nitrogen and oxygen atoms in total. The van der Waals surface area contributed by atoms with E-state index in [2.05, 4.69) is 22.1 Å². The first-order valence-corrected chi connectivity index (χ1v) is 12.1. The lowest BCUT2D eigenvalue weighted by Crippen LogP contribution is -2.24. The first-order chi connectivity index (χ1) is 15.5. The van der Waals surface area contributed by atoms with Gasteiger partial charge in [0.15, 0.2) is 0 Å². The molecule has 1 aliphatic rings. The van der Waals surface area contributed by atoms with Gasteiger partial charge < -0.3 is 30.4 Å². The summed E-state index contributed by atoms with van der Waals surface area (Å²) in [4.78, 5) is 26.9. The van der Waals surface area contributed by atoms with Crippen LogP contribution in [0.4, 0.5) is 5.82 Å². The van der Waals surface area contributed by atoms with E-state index in [1.54, 1.807) is 6.20 Å². The highest BCUT2D eigenvalue weighted by atomic mass is 33.1. The van der Waals surface area contributed by atoms with E-state index in [9.17, 15) is 25.1 Å². The maximum atomic E-state index is 11.9. The SMILES string of the molecule is O=C(CCSSc1ccccn1)NCC#Cc1cc([N+](=O)[O-])n([C@H]2C[C@H](O)[C@@H](CO)O2)c1. The first-order valence-electron chi connectivity index (χ1n) is 9.74. The molecule has 0 saturated carbocycles. The van der Waals surface area contributed by atoms with E-state index in [0.29, 0.717) is 17.7 Å². The fraction of sp³-hybridized carbons (Fsp3) is 0.400. The molecular weight excluding hydrogens is 456 g/mol. The number of hydrogen-bond donors (Lipinski definition) is 3. The Bertz CT molecular complexity index is 991. The molecule has 0 aliphatic carbocycles. The van der Waals surface area contributed by atoms with Gasteiger partial charge in [-0.3, -0.25) is 4.79 Å². The zero-order chi connectivity index (χ0) is 22.9. The molecule has 3 atom stereocenters. The molecule has 0 bridgehead atoms. The predicted molar refractivity (Wildman–Crippen MR) is 120 cm³/mol. The Labute approximate surface area is 192 Å². The highest BCUT2D eigenvalue weighted by molar-refractivity contribution is 8.76. The van der Waals surface area contributed by atoms with Gasteiger partial charge in [-0.05, 0) is 27.8 Å². The zero-order valence-corrected chi connectivity index (χ0v) is 18.6. The molecular formula is C20H22N4O6S2. The van der Waals surface area contributed by atoms with Gasteiger partial charge in [-0.2, -0.15) is 0 Å². The highest BCUT2D eigenvalue weighted by Crippen LogP contribution is 2.33. The van der Waals surface area contributed by atoms with E-state index in [1.165, 1.54) is 38.4 Å². The summed E-state index contributed by atoms with van der Waals surface area (Å²) in [5, 5.41) is 34.0. The van der Waals surface area contributed by atoms with E-state index in [0.717, 1.165) is 5.03 Å². The average Bonchev–Trinajstić information content (AvgIpc) is 3.38. The molecule has 1 fully saturated rings. The number of rotatable bonds is 9. The Balaban J connectivity index is 1.47. The monoisotopic (exact) mass is 478 g/mol. The normalized spacial score (nSPS) is 19.9. The largest absolute Gasteiger partial charge is 0.394 e. The quantitative estimate of drug-likeness (QED) is 0.162. The third-order valence-corrected chi connectivity index (χ3v) is 6.78. The van der Waals surface area contributed by atoms with Gasteiger partial charge in [0.2, 0.25) is 12.1 Å². The number of pyridine rings is 1. The van der Waals surface area contributed by atoms with Gasteiger partial charge in [0.1, 0.15) is 17.3 Å². The Hall–Kier alpha value is -2.56. The van der Waals surface area contributed by atoms with Crippen molar-refractivity contribution in [2.75, 3.05) is 18.9 Å². The Morgan fingerprint density at radius 1 is 1.47 bits per heavy atom. The second-order valence-electron chi connectivity index (χ2n) is 6.77. The fourth-order valence-corrected chi connectivity index (χ4v) is 4.84. The lowest BCUT2D eigenvalue weighted by molar-refractivity contribution is -0.393. The summed E-state index contributed by atoms with van der Waals surface area (Å²) < 4.78 is 6.78. The van der Waals surface area contributed by atoms with Gasteiger partial charge in [-0.25, -0.2) is 9.55 Å². The zero-order valence-electron chi connectivity index (χ0n) is 16.9. The minimum Gasteiger partial charge on any atom is -0.394 e. The van der Waals surface area contributed by atoms with Crippen LogP contribution in [0.1, 0.15) is 24.6 Å². The van der Waals surface area contributed by atoms with Crippen LogP contribution < -0.4 is 5.32 Å². The van der Waals surface area contributed by atoms with E-state index in [4.69, 9.17) is 4.74 Å². The lowest BCUT2D eigenvalue weighted by Gasteiger charge is -2.10. The molecule has 0 radical (unpaired) electrons. The van der Waals surface area contributed by atoms with Crippen molar-refractivity contribution in [3.05, 3.63) is 52.3 Å². The van der Waals surface area contributed by atoms with Gasteiger partial charge in [0.05, 0.1) is 30.9 Å². The van der Waals surface area contributed by atoms with Crippen molar-refractivity contribution < 1.29 is 24.7 Å². The molecule has 0 spiro atoms. The standard InChI is InChI=1S/C20H22N4O6S2/c25-13-16-15(26)11-20(30-16)23-12-14(10-19(23)24(28)29)4-3-8-21-17(27)6-9-31-32-18-5-1-2-7-22-18/h1-2,5,7,10,12,15-16,20,25-26H,6,8-9,11,13H2,(H,21,27)/t15-,16+,20+/m0/s1. The lowest BCUT2D eigenvalue weighted by atomic mass is 10.2. The molecule has 12 heteroatoms. The molecule has 32 heavy (non-hydrogen) atoms. The van der Waals surface area contributed by atoms with Crippen LogP contribution in [0, 0.1) is 22.0 Å². The summed E-state index contributed by atoms with van der Waals surface area (Å²) in [5.74, 6) is 5.83. The maximum absolute atomic E-state index is 11.9. The van der Waals surface area contributed by atoms with Crippen molar-refractivity contribution in [1.29, 1.82) is 0 Å². The average molecular weight is 479 g/mol. The summed E-state index contributed by atoms with van der Waals surface area (Å²) >= 11 is 0. The minimum atomic E-state index is -0.905. The topological polar surface area (TPSA) is 140 Å². The number of aliphatic hydroxyl groups is 2. The van der Waals surface area contributed by atoms with Crippen LogP contribution in [-0.2, 0) is 9.53 Å². The molecule has 1 saturated heterocycles. The first kappa shape index (κ1) is 24.1. The predicted octanol–water partition coefficient (Wildman–Crippen LogP) is 1.73. The van der Waals surface area contributed by atoms with Gasteiger partial charge in [0, 0.05) is 24.8 Å². The second kappa shape index (κ2) is 11.9. The molecule has 0 aromatic carbocycles. The van der Waals surface area contributed by atoms with Crippen molar-refractivity contribution >= 4 is 33.3 Å². The third kappa shape index (κ3) is 6.72. The van der Waals surface area contributed by atoms with Crippen molar-refractivity contribution in [1.82, 2.24) is 14.9 Å². The van der Waals surface area contributed by atoms with E-state index < -0.39 is 23.4 Å². The molecule has 3 rings (SSSR count). The van der Waals surface area contributed by atoms with E-state index >= 15 is 0 Å². The van der Waals surface area contributed by atoms with Gasteiger partial charge in [-0.15, -0.1) is 0 Å². The van der Waals surface area contributed by atoms with Crippen LogP contribution in [0.2, 0.25) is 0 Å². The molecule has 1 amide bonds. The third-order valence-electron chi connectivity index (χ3n) is 4.51. The highest BCUT2D eigenvalue weighted by Gasteiger charge is 2.39. The molecule has 1 aliphatic heterocycles. The summed E-state index contributed by atoms with van der Waals surface area (Å²) in [7, 11) is 3.04. The summed E-state index contributed by atoms with van der Waals surface area (Å²) in [6, 6.07) is 6.95. The number of carbonyl (C=O) groups is 1.